The van der Waals surface area contributed by atoms with Crippen LogP contribution in [-0.2, 0) is 30.9 Å². The van der Waals surface area contributed by atoms with Crippen molar-refractivity contribution in [1.82, 2.24) is 24.5 Å². The summed E-state index contributed by atoms with van der Waals surface area (Å²) in [6, 6.07) is 13.6. The smallest absolute Gasteiger partial charge is 0.152 e. The number of aromatic hydroxyl groups is 1. The van der Waals surface area contributed by atoms with E-state index in [0.717, 1.165) is 43.3 Å². The van der Waals surface area contributed by atoms with E-state index in [0.29, 0.717) is 23.8 Å². The number of nitrogens with one attached hydrogen (secondary N) is 1. The summed E-state index contributed by atoms with van der Waals surface area (Å²) in [5, 5.41) is 25.0. The molecule has 2 aromatic carbocycles. The zero-order chi connectivity index (χ0) is 29.5. The van der Waals surface area contributed by atoms with Crippen LogP contribution < -0.4 is 9.62 Å². The number of benzene rings is 2. The van der Waals surface area contributed by atoms with Gasteiger partial charge < -0.3 is 19.7 Å². The molecule has 9 nitrogen and oxygen atoms in total. The summed E-state index contributed by atoms with van der Waals surface area (Å²) < 4.78 is 18.1. The largest absolute Gasteiger partial charge is 0.598 e. The Hall–Kier alpha value is -3.62. The van der Waals surface area contributed by atoms with E-state index in [1.807, 2.05) is 26.8 Å². The predicted molar refractivity (Wildman–Crippen MR) is 164 cm³/mol. The van der Waals surface area contributed by atoms with E-state index in [4.69, 9.17) is 0 Å². The summed E-state index contributed by atoms with van der Waals surface area (Å²) >= 11 is -1.18. The molecular formula is C32H36N6O3S. The predicted octanol–water partition coefficient (Wildman–Crippen LogP) is 4.01. The molecule has 1 spiro atoms. The van der Waals surface area contributed by atoms with Gasteiger partial charge in [0.2, 0.25) is 0 Å². The molecule has 10 heteroatoms. The Morgan fingerprint density at radius 1 is 1.14 bits per heavy atom. The fourth-order valence-corrected chi connectivity index (χ4v) is 7.09. The van der Waals surface area contributed by atoms with Crippen LogP contribution in [0.5, 0.6) is 5.75 Å². The van der Waals surface area contributed by atoms with Crippen LogP contribution in [0, 0.1) is 17.3 Å². The number of fused-ring (bicyclic) bond motifs is 2. The van der Waals surface area contributed by atoms with E-state index >= 15 is 0 Å². The van der Waals surface area contributed by atoms with Crippen LogP contribution in [0.25, 0.3) is 10.9 Å². The molecule has 2 aliphatic rings. The zero-order valence-electron chi connectivity index (χ0n) is 24.2. The van der Waals surface area contributed by atoms with Crippen molar-refractivity contribution in [1.29, 1.82) is 0 Å². The average molecular weight is 585 g/mol. The molecule has 1 fully saturated rings. The third kappa shape index (κ3) is 5.45. The molecule has 0 amide bonds. The maximum atomic E-state index is 13.2. The molecule has 0 bridgehead atoms. The van der Waals surface area contributed by atoms with Crippen LogP contribution in [0.1, 0.15) is 62.2 Å². The first-order valence-corrected chi connectivity index (χ1v) is 15.4. The number of rotatable bonds is 5. The minimum Gasteiger partial charge on any atom is -0.598 e. The topological polar surface area (TPSA) is 122 Å². The number of hydrogen-bond donors (Lipinski definition) is 3. The van der Waals surface area contributed by atoms with Crippen molar-refractivity contribution in [3.63, 3.8) is 0 Å². The van der Waals surface area contributed by atoms with Gasteiger partial charge in [-0.05, 0) is 75.3 Å². The van der Waals surface area contributed by atoms with Crippen LogP contribution in [0.3, 0.4) is 0 Å². The van der Waals surface area contributed by atoms with Gasteiger partial charge in [-0.1, -0.05) is 30.2 Å². The van der Waals surface area contributed by atoms with Crippen molar-refractivity contribution in [3.05, 3.63) is 77.4 Å². The van der Waals surface area contributed by atoms with Gasteiger partial charge in [0.25, 0.3) is 0 Å². The van der Waals surface area contributed by atoms with Crippen LogP contribution in [0.15, 0.2) is 54.9 Å². The lowest BCUT2D eigenvalue weighted by Gasteiger charge is -2.44. The molecular weight excluding hydrogens is 548 g/mol. The molecule has 3 N–H and O–H groups in total. The first-order chi connectivity index (χ1) is 20.2. The zero-order valence-corrected chi connectivity index (χ0v) is 25.0. The van der Waals surface area contributed by atoms with Gasteiger partial charge in [-0.15, -0.1) is 4.72 Å². The fourth-order valence-electron chi connectivity index (χ4n) is 6.15. The number of phenols is 1. The molecule has 0 radical (unpaired) electrons. The van der Waals surface area contributed by atoms with Crippen molar-refractivity contribution >= 4 is 28.1 Å². The van der Waals surface area contributed by atoms with E-state index in [1.165, 1.54) is 11.1 Å². The Bertz CT molecular complexity index is 1660. The van der Waals surface area contributed by atoms with Gasteiger partial charge in [-0.2, -0.15) is 5.10 Å². The average Bonchev–Trinajstić information content (AvgIpc) is 3.51. The van der Waals surface area contributed by atoms with Crippen LogP contribution >= 0.6 is 0 Å². The summed E-state index contributed by atoms with van der Waals surface area (Å²) in [6.07, 6.45) is 6.13. The number of nitrogens with zero attached hydrogens (tertiary/aromatic N) is 5. The number of aromatic nitrogens is 4. The maximum Gasteiger partial charge on any atom is 0.152 e. The minimum absolute atomic E-state index is 0.0227. The second-order valence-corrected chi connectivity index (χ2v) is 14.2. The molecule has 3 heterocycles. The van der Waals surface area contributed by atoms with Crippen molar-refractivity contribution < 1.29 is 14.8 Å². The third-order valence-electron chi connectivity index (χ3n) is 8.40. The highest BCUT2D eigenvalue weighted by Crippen LogP contribution is 2.53. The number of phenolic OH excluding ortho intramolecular Hbond substituents is 1. The van der Waals surface area contributed by atoms with E-state index in [9.17, 15) is 14.8 Å². The molecule has 2 atom stereocenters. The quantitative estimate of drug-likeness (QED) is 0.238. The van der Waals surface area contributed by atoms with Crippen LogP contribution in [-0.4, -0.2) is 52.4 Å². The number of hydrogen-bond acceptors (Lipinski definition) is 8. The summed E-state index contributed by atoms with van der Waals surface area (Å²) in [5.41, 5.74) is 4.43. The highest BCUT2D eigenvalue weighted by molar-refractivity contribution is 7.90. The molecule has 1 aliphatic heterocycles. The first-order valence-electron chi connectivity index (χ1n) is 14.3. The third-order valence-corrected chi connectivity index (χ3v) is 9.97. The maximum absolute atomic E-state index is 13.2. The molecule has 6 rings (SSSR count). The number of aliphatic hydroxyl groups is 1. The number of piperidine rings is 1. The lowest BCUT2D eigenvalue weighted by atomic mass is 9.73. The lowest BCUT2D eigenvalue weighted by Crippen LogP contribution is -2.50. The molecule has 42 heavy (non-hydrogen) atoms. The van der Waals surface area contributed by atoms with Gasteiger partial charge >= 0.3 is 0 Å². The molecule has 1 unspecified atom stereocenters. The lowest BCUT2D eigenvalue weighted by molar-refractivity contribution is 0.175. The van der Waals surface area contributed by atoms with Crippen molar-refractivity contribution in [2.24, 2.45) is 5.41 Å². The van der Waals surface area contributed by atoms with Gasteiger partial charge in [-0.3, -0.25) is 4.68 Å². The second-order valence-electron chi connectivity index (χ2n) is 12.2. The van der Waals surface area contributed by atoms with Crippen molar-refractivity contribution in [3.8, 4) is 17.6 Å². The summed E-state index contributed by atoms with van der Waals surface area (Å²) in [6.45, 7) is 7.67. The molecule has 1 aliphatic carbocycles. The van der Waals surface area contributed by atoms with E-state index in [-0.39, 0.29) is 28.6 Å². The van der Waals surface area contributed by atoms with E-state index in [1.54, 1.807) is 29.2 Å². The van der Waals surface area contributed by atoms with Crippen LogP contribution in [0.2, 0.25) is 0 Å². The molecule has 2 aromatic heterocycles. The summed E-state index contributed by atoms with van der Waals surface area (Å²) in [7, 11) is 0. The highest BCUT2D eigenvalue weighted by Gasteiger charge is 2.50. The van der Waals surface area contributed by atoms with Gasteiger partial charge in [0.05, 0.1) is 30.6 Å². The standard InChI is InChI=1S/C32H36N6O3S/c1-31(2,3)42(41)36-29-26-9-5-4-7-22(26)18-32(29)12-15-37(16-13-32)30-27(21-39)35-24(20-33-30)8-6-14-38-28-11-10-25(40)17-23(28)19-34-38/h4-5,7,9-11,17,19-20,29,36,39-40H,12-16,18,21H2,1-3H3/t29-,42?/m1/s1. The summed E-state index contributed by atoms with van der Waals surface area (Å²) in [4.78, 5) is 11.5. The molecule has 218 valence electrons. The normalized spacial score (nSPS) is 18.6. The van der Waals surface area contributed by atoms with Crippen molar-refractivity contribution in [2.75, 3.05) is 18.0 Å². The Kier molecular flexibility index (Phi) is 7.62. The molecule has 0 saturated carbocycles. The van der Waals surface area contributed by atoms with Gasteiger partial charge in [0.1, 0.15) is 28.4 Å². The Morgan fingerprint density at radius 2 is 1.93 bits per heavy atom. The van der Waals surface area contributed by atoms with Crippen molar-refractivity contribution in [2.45, 2.75) is 64.0 Å². The second kappa shape index (κ2) is 11.2. The number of aliphatic hydroxyl groups excluding tert-OH is 1. The summed E-state index contributed by atoms with van der Waals surface area (Å²) in [5.74, 6) is 7.03. The van der Waals surface area contributed by atoms with Gasteiger partial charge in [-0.25, -0.2) is 9.97 Å². The minimum atomic E-state index is -1.18. The SMILES string of the molecule is CC(C)(C)[S+]([O-])N[C@@H]1c2ccccc2CC12CCN(c1ncc(C#CCn3ncc4cc(O)ccc43)nc1CO)CC2. The van der Waals surface area contributed by atoms with Gasteiger partial charge in [0, 0.05) is 35.3 Å². The number of anilines is 1. The molecule has 1 saturated heterocycles. The monoisotopic (exact) mass is 584 g/mol. The van der Waals surface area contributed by atoms with Gasteiger partial charge in [0.15, 0.2) is 5.82 Å². The fraction of sp³-hybridized carbons (Fsp3) is 0.406. The first kappa shape index (κ1) is 28.5. The molecule has 4 aromatic rings. The van der Waals surface area contributed by atoms with Crippen LogP contribution in [0.4, 0.5) is 5.82 Å². The highest BCUT2D eigenvalue weighted by atomic mass is 32.2. The Morgan fingerprint density at radius 3 is 2.69 bits per heavy atom. The van der Waals surface area contributed by atoms with E-state index < -0.39 is 11.4 Å². The Balaban J connectivity index is 1.17. The Labute approximate surface area is 249 Å². The van der Waals surface area contributed by atoms with E-state index in [2.05, 4.69) is 60.8 Å².